The van der Waals surface area contributed by atoms with E-state index < -0.39 is 11.5 Å². The van der Waals surface area contributed by atoms with Gasteiger partial charge >= 0.3 is 0 Å². The molecule has 2 heterocycles. The maximum atomic E-state index is 12.8. The van der Waals surface area contributed by atoms with E-state index in [1.165, 1.54) is 0 Å². The minimum atomic E-state index is -0.650. The summed E-state index contributed by atoms with van der Waals surface area (Å²) in [6.45, 7) is 5.74. The molecule has 0 spiro atoms. The molecule has 1 saturated heterocycles. The van der Waals surface area contributed by atoms with Crippen LogP contribution in [0, 0.1) is 6.92 Å². The summed E-state index contributed by atoms with van der Waals surface area (Å²) in [6.07, 6.45) is 0.641. The second-order valence-electron chi connectivity index (χ2n) is 6.24. The van der Waals surface area contributed by atoms with Crippen LogP contribution in [0.1, 0.15) is 37.8 Å². The minimum absolute atomic E-state index is 0.0821. The molecule has 1 aromatic rings. The molecule has 0 aliphatic carbocycles. The molecular weight excluding hydrogens is 268 g/mol. The zero-order valence-electron chi connectivity index (χ0n) is 12.4. The zero-order chi connectivity index (χ0) is 15.4. The van der Waals surface area contributed by atoms with Crippen molar-refractivity contribution in [1.82, 2.24) is 5.32 Å². The first-order valence-corrected chi connectivity index (χ1v) is 7.11. The predicted octanol–water partition coefficient (Wildman–Crippen LogP) is 1.42. The number of aryl methyl sites for hydroxylation is 1. The normalized spacial score (nSPS) is 24.0. The molecule has 5 nitrogen and oxygen atoms in total. The molecule has 3 rings (SSSR count). The first kappa shape index (κ1) is 13.8. The third-order valence-electron chi connectivity index (χ3n) is 4.41. The lowest BCUT2D eigenvalue weighted by atomic mass is 9.83. The number of hydrogen-bond acceptors (Lipinski definition) is 3. The van der Waals surface area contributed by atoms with Crippen molar-refractivity contribution < 1.29 is 14.4 Å². The number of carbonyl (C=O) groups is 3. The Labute approximate surface area is 123 Å². The van der Waals surface area contributed by atoms with Crippen molar-refractivity contribution in [2.24, 2.45) is 0 Å². The van der Waals surface area contributed by atoms with E-state index in [9.17, 15) is 14.4 Å². The highest BCUT2D eigenvalue weighted by Gasteiger charge is 2.49. The third-order valence-corrected chi connectivity index (χ3v) is 4.41. The quantitative estimate of drug-likeness (QED) is 0.794. The highest BCUT2D eigenvalue weighted by Crippen LogP contribution is 2.44. The van der Waals surface area contributed by atoms with Crippen LogP contribution in [0.5, 0.6) is 0 Å². The molecule has 2 aliphatic heterocycles. The average Bonchev–Trinajstić information content (AvgIpc) is 2.60. The maximum absolute atomic E-state index is 12.8. The number of anilines is 1. The van der Waals surface area contributed by atoms with Gasteiger partial charge < -0.3 is 0 Å². The van der Waals surface area contributed by atoms with E-state index in [1.54, 1.807) is 4.90 Å². The smallest absolute Gasteiger partial charge is 0.249 e. The van der Waals surface area contributed by atoms with Crippen molar-refractivity contribution in [3.8, 4) is 0 Å². The Bertz CT molecular complexity index is 663. The van der Waals surface area contributed by atoms with Gasteiger partial charge in [-0.05, 0) is 44.4 Å². The fourth-order valence-electron chi connectivity index (χ4n) is 3.42. The SMILES string of the molecule is Cc1cccc2c1C(C)(C)C(=O)N2C1CCC(=O)NC1=O. The second-order valence-corrected chi connectivity index (χ2v) is 6.24. The highest BCUT2D eigenvalue weighted by molar-refractivity contribution is 6.13. The van der Waals surface area contributed by atoms with E-state index >= 15 is 0 Å². The summed E-state index contributed by atoms with van der Waals surface area (Å²) in [5.41, 5.74) is 2.16. The number of nitrogens with zero attached hydrogens (tertiary/aromatic N) is 1. The van der Waals surface area contributed by atoms with Gasteiger partial charge in [0.2, 0.25) is 17.7 Å². The Morgan fingerprint density at radius 2 is 1.95 bits per heavy atom. The van der Waals surface area contributed by atoms with Crippen molar-refractivity contribution >= 4 is 23.4 Å². The van der Waals surface area contributed by atoms with Crippen molar-refractivity contribution in [3.63, 3.8) is 0 Å². The van der Waals surface area contributed by atoms with Crippen molar-refractivity contribution in [2.45, 2.75) is 45.1 Å². The summed E-state index contributed by atoms with van der Waals surface area (Å²) in [4.78, 5) is 37.8. The number of amides is 3. The molecule has 110 valence electrons. The second kappa shape index (κ2) is 4.41. The Balaban J connectivity index is 2.09. The summed E-state index contributed by atoms with van der Waals surface area (Å²) in [7, 11) is 0. The fourth-order valence-corrected chi connectivity index (χ4v) is 3.42. The Morgan fingerprint density at radius 1 is 1.24 bits per heavy atom. The van der Waals surface area contributed by atoms with Crippen LogP contribution in [-0.2, 0) is 19.8 Å². The topological polar surface area (TPSA) is 66.5 Å². The van der Waals surface area contributed by atoms with Crippen LogP contribution in [0.15, 0.2) is 18.2 Å². The summed E-state index contributed by atoms with van der Waals surface area (Å²) in [5, 5.41) is 2.33. The molecule has 0 saturated carbocycles. The summed E-state index contributed by atoms with van der Waals surface area (Å²) >= 11 is 0. The lowest BCUT2D eigenvalue weighted by Gasteiger charge is -2.31. The van der Waals surface area contributed by atoms with E-state index in [-0.39, 0.29) is 24.1 Å². The number of imide groups is 1. The van der Waals surface area contributed by atoms with Crippen LogP contribution in [0.3, 0.4) is 0 Å². The molecule has 21 heavy (non-hydrogen) atoms. The van der Waals surface area contributed by atoms with Gasteiger partial charge in [0, 0.05) is 12.1 Å². The summed E-state index contributed by atoms with van der Waals surface area (Å²) in [6, 6.07) is 5.14. The predicted molar refractivity (Wildman–Crippen MR) is 77.9 cm³/mol. The highest BCUT2D eigenvalue weighted by atomic mass is 16.2. The number of fused-ring (bicyclic) bond motifs is 1. The molecule has 1 atom stereocenters. The molecule has 0 aromatic heterocycles. The van der Waals surface area contributed by atoms with Crippen LogP contribution in [0.4, 0.5) is 5.69 Å². The first-order valence-electron chi connectivity index (χ1n) is 7.11. The van der Waals surface area contributed by atoms with Crippen LogP contribution >= 0.6 is 0 Å². The number of rotatable bonds is 1. The largest absolute Gasteiger partial charge is 0.299 e. The van der Waals surface area contributed by atoms with Crippen molar-refractivity contribution in [1.29, 1.82) is 0 Å². The lowest BCUT2D eigenvalue weighted by Crippen LogP contribution is -2.55. The standard InChI is InChI=1S/C16H18N2O3/c1-9-5-4-6-10-13(9)16(2,3)15(21)18(10)11-7-8-12(19)17-14(11)20/h4-6,11H,7-8H2,1-3H3,(H,17,19,20). The number of hydrogen-bond donors (Lipinski definition) is 1. The average molecular weight is 286 g/mol. The van der Waals surface area contributed by atoms with Gasteiger partial charge in [-0.1, -0.05) is 12.1 Å². The van der Waals surface area contributed by atoms with Gasteiger partial charge in [0.15, 0.2) is 0 Å². The van der Waals surface area contributed by atoms with Gasteiger partial charge in [0.05, 0.1) is 5.41 Å². The molecule has 3 amide bonds. The molecule has 0 bridgehead atoms. The van der Waals surface area contributed by atoms with Crippen molar-refractivity contribution in [3.05, 3.63) is 29.3 Å². The first-order chi connectivity index (χ1) is 9.84. The summed E-state index contributed by atoms with van der Waals surface area (Å²) in [5.74, 6) is -0.738. The molecular formula is C16H18N2O3. The minimum Gasteiger partial charge on any atom is -0.299 e. The van der Waals surface area contributed by atoms with E-state index in [0.29, 0.717) is 6.42 Å². The monoisotopic (exact) mass is 286 g/mol. The number of benzene rings is 1. The van der Waals surface area contributed by atoms with Crippen LogP contribution in [-0.4, -0.2) is 23.8 Å². The van der Waals surface area contributed by atoms with E-state index in [1.807, 2.05) is 39.0 Å². The zero-order valence-corrected chi connectivity index (χ0v) is 12.4. The molecule has 5 heteroatoms. The Morgan fingerprint density at radius 3 is 2.62 bits per heavy atom. The summed E-state index contributed by atoms with van der Waals surface area (Å²) < 4.78 is 0. The number of piperidine rings is 1. The molecule has 1 aromatic carbocycles. The van der Waals surface area contributed by atoms with E-state index in [2.05, 4.69) is 5.32 Å². The van der Waals surface area contributed by atoms with Gasteiger partial charge in [0.1, 0.15) is 6.04 Å². The Kier molecular flexibility index (Phi) is 2.90. The third kappa shape index (κ3) is 1.87. The van der Waals surface area contributed by atoms with Gasteiger partial charge in [0.25, 0.3) is 0 Å². The fraction of sp³-hybridized carbons (Fsp3) is 0.438. The number of nitrogens with one attached hydrogen (secondary N) is 1. The number of carbonyl (C=O) groups excluding carboxylic acids is 3. The molecule has 1 fully saturated rings. The van der Waals surface area contributed by atoms with E-state index in [4.69, 9.17) is 0 Å². The molecule has 2 aliphatic rings. The van der Waals surface area contributed by atoms with Crippen LogP contribution in [0.25, 0.3) is 0 Å². The van der Waals surface area contributed by atoms with Gasteiger partial charge in [-0.25, -0.2) is 0 Å². The molecule has 0 radical (unpaired) electrons. The van der Waals surface area contributed by atoms with Gasteiger partial charge in [-0.3, -0.25) is 24.6 Å². The maximum Gasteiger partial charge on any atom is 0.249 e. The van der Waals surface area contributed by atoms with Crippen LogP contribution in [0.2, 0.25) is 0 Å². The molecule has 1 N–H and O–H groups in total. The molecule has 1 unspecified atom stereocenters. The van der Waals surface area contributed by atoms with Crippen molar-refractivity contribution in [2.75, 3.05) is 4.90 Å². The Hall–Kier alpha value is -2.17. The van der Waals surface area contributed by atoms with Gasteiger partial charge in [-0.2, -0.15) is 0 Å². The van der Waals surface area contributed by atoms with Crippen LogP contribution < -0.4 is 10.2 Å². The van der Waals surface area contributed by atoms with Gasteiger partial charge in [-0.15, -0.1) is 0 Å². The lowest BCUT2D eigenvalue weighted by molar-refractivity contribution is -0.136. The van der Waals surface area contributed by atoms with E-state index in [0.717, 1.165) is 16.8 Å².